The monoisotopic (exact) mass is 415 g/mol. The van der Waals surface area contributed by atoms with E-state index in [0.717, 1.165) is 28.3 Å². The van der Waals surface area contributed by atoms with Crippen LogP contribution in [0.3, 0.4) is 0 Å². The lowest BCUT2D eigenvalue weighted by Gasteiger charge is -2.19. The van der Waals surface area contributed by atoms with E-state index in [1.807, 2.05) is 85.3 Å². The van der Waals surface area contributed by atoms with Crippen molar-refractivity contribution in [1.82, 2.24) is 15.1 Å². The third kappa shape index (κ3) is 4.69. The van der Waals surface area contributed by atoms with Crippen LogP contribution in [-0.2, 0) is 6.54 Å². The van der Waals surface area contributed by atoms with Crippen molar-refractivity contribution in [1.29, 1.82) is 0 Å². The summed E-state index contributed by atoms with van der Waals surface area (Å²) in [6, 6.07) is 22.7. The Balaban J connectivity index is 1.55. The number of aryl methyl sites for hydroxylation is 2. The minimum absolute atomic E-state index is 0.269. The zero-order chi connectivity index (χ0) is 21.8. The second-order valence-corrected chi connectivity index (χ2v) is 7.44. The fourth-order valence-electron chi connectivity index (χ4n) is 3.57. The molecular weight excluding hydrogens is 390 g/mol. The molecule has 0 aliphatic rings. The Hall–Kier alpha value is -3.80. The van der Waals surface area contributed by atoms with Crippen molar-refractivity contribution in [3.05, 3.63) is 107 Å². The van der Waals surface area contributed by atoms with Gasteiger partial charge in [0, 0.05) is 5.69 Å². The van der Waals surface area contributed by atoms with Crippen molar-refractivity contribution in [3.8, 4) is 5.75 Å². The minimum atomic E-state index is -0.316. The van der Waals surface area contributed by atoms with Crippen LogP contribution in [0, 0.1) is 13.8 Å². The van der Waals surface area contributed by atoms with Crippen LogP contribution in [0.5, 0.6) is 5.75 Å². The Kier molecular flexibility index (Phi) is 5.89. The van der Waals surface area contributed by atoms with Crippen molar-refractivity contribution in [2.24, 2.45) is 0 Å². The smallest absolute Gasteiger partial charge is 0.287 e. The van der Waals surface area contributed by atoms with Crippen LogP contribution >= 0.6 is 0 Å². The van der Waals surface area contributed by atoms with Crippen molar-refractivity contribution in [3.63, 3.8) is 0 Å². The molecule has 1 amide bonds. The average molecular weight is 415 g/mol. The predicted molar refractivity (Wildman–Crippen MR) is 118 cm³/mol. The van der Waals surface area contributed by atoms with E-state index in [4.69, 9.17) is 9.15 Å². The number of aromatic nitrogens is 2. The molecule has 4 rings (SSSR count). The first-order chi connectivity index (χ1) is 15.0. The summed E-state index contributed by atoms with van der Waals surface area (Å²) in [7, 11) is 1.63. The van der Waals surface area contributed by atoms with Gasteiger partial charge in [0.25, 0.3) is 5.91 Å². The Morgan fingerprint density at radius 1 is 1.03 bits per heavy atom. The fourth-order valence-corrected chi connectivity index (χ4v) is 3.57. The second kappa shape index (κ2) is 8.92. The van der Waals surface area contributed by atoms with Crippen LogP contribution in [-0.4, -0.2) is 22.8 Å². The number of ether oxygens (including phenoxy) is 1. The van der Waals surface area contributed by atoms with Crippen molar-refractivity contribution in [2.45, 2.75) is 26.4 Å². The Morgan fingerprint density at radius 2 is 1.74 bits per heavy atom. The third-order valence-electron chi connectivity index (χ3n) is 5.15. The second-order valence-electron chi connectivity index (χ2n) is 7.44. The molecule has 1 N–H and O–H groups in total. The molecule has 0 unspecified atom stereocenters. The molecular formula is C25H25N3O3. The van der Waals surface area contributed by atoms with Crippen LogP contribution in [0.2, 0.25) is 0 Å². The largest absolute Gasteiger partial charge is 0.497 e. The number of nitrogens with one attached hydrogen (secondary N) is 1. The van der Waals surface area contributed by atoms with E-state index < -0.39 is 0 Å². The quantitative estimate of drug-likeness (QED) is 0.476. The minimum Gasteiger partial charge on any atom is -0.497 e. The lowest BCUT2D eigenvalue weighted by atomic mass is 9.98. The fraction of sp³-hybridized carbons (Fsp3) is 0.200. The predicted octanol–water partition coefficient (Wildman–Crippen LogP) is 4.67. The number of methoxy groups -OCH3 is 1. The van der Waals surface area contributed by atoms with Gasteiger partial charge in [-0.2, -0.15) is 5.10 Å². The number of nitrogens with zero attached hydrogens (tertiary/aromatic N) is 2. The normalized spacial score (nSPS) is 11.8. The lowest BCUT2D eigenvalue weighted by Crippen LogP contribution is -2.29. The topological polar surface area (TPSA) is 69.3 Å². The highest BCUT2D eigenvalue weighted by molar-refractivity contribution is 5.92. The number of benzene rings is 2. The van der Waals surface area contributed by atoms with Gasteiger partial charge in [0.1, 0.15) is 11.5 Å². The molecule has 31 heavy (non-hydrogen) atoms. The first-order valence-electron chi connectivity index (χ1n) is 10.1. The molecule has 4 aromatic rings. The SMILES string of the molecule is COc1ccc([C@H](NC(=O)c2ccc(Cn3nc(C)cc3C)o2)c2ccccc2)cc1. The summed E-state index contributed by atoms with van der Waals surface area (Å²) in [6.07, 6.45) is 0. The van der Waals surface area contributed by atoms with Gasteiger partial charge in [0.2, 0.25) is 0 Å². The highest BCUT2D eigenvalue weighted by atomic mass is 16.5. The van der Waals surface area contributed by atoms with E-state index in [9.17, 15) is 4.79 Å². The summed E-state index contributed by atoms with van der Waals surface area (Å²) in [5, 5.41) is 7.55. The van der Waals surface area contributed by atoms with Crippen LogP contribution in [0.4, 0.5) is 0 Å². The Morgan fingerprint density at radius 3 is 2.39 bits per heavy atom. The molecule has 0 aliphatic heterocycles. The number of carbonyl (C=O) groups is 1. The summed E-state index contributed by atoms with van der Waals surface area (Å²) >= 11 is 0. The van der Waals surface area contributed by atoms with Gasteiger partial charge < -0.3 is 14.5 Å². The maximum absolute atomic E-state index is 13.0. The molecule has 0 saturated heterocycles. The van der Waals surface area contributed by atoms with Crippen molar-refractivity contribution in [2.75, 3.05) is 7.11 Å². The summed E-state index contributed by atoms with van der Waals surface area (Å²) in [6.45, 7) is 4.43. The highest BCUT2D eigenvalue weighted by Crippen LogP contribution is 2.25. The molecule has 0 aliphatic carbocycles. The molecule has 1 atom stereocenters. The molecule has 2 aromatic carbocycles. The highest BCUT2D eigenvalue weighted by Gasteiger charge is 2.20. The number of hydrogen-bond donors (Lipinski definition) is 1. The van der Waals surface area contributed by atoms with Crippen molar-refractivity contribution >= 4 is 5.91 Å². The molecule has 0 bridgehead atoms. The van der Waals surface area contributed by atoms with Gasteiger partial charge in [0.15, 0.2) is 5.76 Å². The number of amides is 1. The summed E-state index contributed by atoms with van der Waals surface area (Å²) in [5.41, 5.74) is 3.93. The van der Waals surface area contributed by atoms with E-state index in [1.165, 1.54) is 0 Å². The number of carbonyl (C=O) groups excluding carboxylic acids is 1. The molecule has 2 aromatic heterocycles. The average Bonchev–Trinajstić information content (AvgIpc) is 3.38. The molecule has 0 radical (unpaired) electrons. The molecule has 158 valence electrons. The molecule has 6 nitrogen and oxygen atoms in total. The molecule has 6 heteroatoms. The zero-order valence-electron chi connectivity index (χ0n) is 17.8. The van der Waals surface area contributed by atoms with Gasteiger partial charge in [-0.15, -0.1) is 0 Å². The van der Waals surface area contributed by atoms with Crippen LogP contribution in [0.15, 0.2) is 77.2 Å². The van der Waals surface area contributed by atoms with Gasteiger partial charge in [-0.1, -0.05) is 42.5 Å². The van der Waals surface area contributed by atoms with Crippen molar-refractivity contribution < 1.29 is 13.9 Å². The third-order valence-corrected chi connectivity index (χ3v) is 5.15. The molecule has 0 fully saturated rings. The molecule has 2 heterocycles. The van der Waals surface area contributed by atoms with Gasteiger partial charge in [0.05, 0.1) is 25.4 Å². The van der Waals surface area contributed by atoms with Gasteiger partial charge in [-0.05, 0) is 55.3 Å². The van der Waals surface area contributed by atoms with Gasteiger partial charge in [-0.25, -0.2) is 0 Å². The number of rotatable bonds is 7. The van der Waals surface area contributed by atoms with E-state index in [0.29, 0.717) is 12.3 Å². The van der Waals surface area contributed by atoms with Crippen LogP contribution in [0.1, 0.15) is 44.9 Å². The van der Waals surface area contributed by atoms with E-state index in [1.54, 1.807) is 13.2 Å². The number of furan rings is 1. The maximum Gasteiger partial charge on any atom is 0.287 e. The first kappa shape index (κ1) is 20.5. The van der Waals surface area contributed by atoms with E-state index >= 15 is 0 Å². The van der Waals surface area contributed by atoms with Gasteiger partial charge in [-0.3, -0.25) is 9.48 Å². The molecule has 0 spiro atoms. The van der Waals surface area contributed by atoms with Crippen LogP contribution < -0.4 is 10.1 Å². The van der Waals surface area contributed by atoms with Gasteiger partial charge >= 0.3 is 0 Å². The van der Waals surface area contributed by atoms with Crippen LogP contribution in [0.25, 0.3) is 0 Å². The zero-order valence-corrected chi connectivity index (χ0v) is 17.8. The summed E-state index contributed by atoms with van der Waals surface area (Å²) in [5.74, 6) is 1.44. The standard InChI is InChI=1S/C25H25N3O3/c1-17-15-18(2)28(27-17)16-22-13-14-23(31-22)25(29)26-24(19-7-5-4-6-8-19)20-9-11-21(30-3)12-10-20/h4-15,24H,16H2,1-3H3,(H,26,29)/t24-/m1/s1. The summed E-state index contributed by atoms with van der Waals surface area (Å²) in [4.78, 5) is 13.0. The Labute approximate surface area is 181 Å². The lowest BCUT2D eigenvalue weighted by molar-refractivity contribution is 0.0913. The molecule has 0 saturated carbocycles. The van der Waals surface area contributed by atoms with E-state index in [-0.39, 0.29) is 17.7 Å². The number of hydrogen-bond acceptors (Lipinski definition) is 4. The first-order valence-corrected chi connectivity index (χ1v) is 10.1. The Bertz CT molecular complexity index is 1160. The maximum atomic E-state index is 13.0. The summed E-state index contributed by atoms with van der Waals surface area (Å²) < 4.78 is 12.9. The van der Waals surface area contributed by atoms with E-state index in [2.05, 4.69) is 10.4 Å².